The lowest BCUT2D eigenvalue weighted by atomic mass is 9.92. The highest BCUT2D eigenvalue weighted by molar-refractivity contribution is 7.99. The first-order valence-corrected chi connectivity index (χ1v) is 12.2. The van der Waals surface area contributed by atoms with Crippen LogP contribution < -0.4 is 21.1 Å². The normalized spacial score (nSPS) is 38.1. The van der Waals surface area contributed by atoms with Crippen molar-refractivity contribution >= 4 is 23.6 Å². The number of carboxylic acid groups (broad SMARTS) is 1. The monoisotopic (exact) mass is 480 g/mol. The van der Waals surface area contributed by atoms with Gasteiger partial charge in [-0.15, -0.1) is 11.8 Å². The van der Waals surface area contributed by atoms with Crippen LogP contribution in [0.2, 0.25) is 0 Å². The van der Waals surface area contributed by atoms with Gasteiger partial charge in [-0.3, -0.25) is 4.79 Å². The number of carbonyl (C=O) groups excluding carboxylic acids is 2. The topological polar surface area (TPSA) is 191 Å². The van der Waals surface area contributed by atoms with E-state index in [4.69, 9.17) is 4.74 Å². The zero-order valence-electron chi connectivity index (χ0n) is 18.8. The van der Waals surface area contributed by atoms with Crippen LogP contribution in [0.3, 0.4) is 0 Å². The van der Waals surface area contributed by atoms with Crippen molar-refractivity contribution in [3.8, 4) is 0 Å². The van der Waals surface area contributed by atoms with Crippen molar-refractivity contribution < 1.29 is 50.5 Å². The van der Waals surface area contributed by atoms with Gasteiger partial charge in [0.05, 0.1) is 37.5 Å². The van der Waals surface area contributed by atoms with Crippen LogP contribution in [0.15, 0.2) is 0 Å². The van der Waals surface area contributed by atoms with Gasteiger partial charge in [0.1, 0.15) is 35.9 Å². The molecule has 2 saturated heterocycles. The number of amides is 1. The zero-order chi connectivity index (χ0) is 24.2. The number of nitrogens with one attached hydrogen (secondary N) is 2. The molecule has 2 heterocycles. The average Bonchev–Trinajstić information content (AvgIpc) is 3.10. The molecule has 2 aliphatic rings. The summed E-state index contributed by atoms with van der Waals surface area (Å²) < 4.78 is 5.77. The van der Waals surface area contributed by atoms with Crippen molar-refractivity contribution in [1.29, 1.82) is 0 Å². The molecule has 0 spiro atoms. The number of rotatable bonds is 10. The van der Waals surface area contributed by atoms with Gasteiger partial charge in [-0.1, -0.05) is 13.3 Å². The fourth-order valence-electron chi connectivity index (χ4n) is 4.50. The third kappa shape index (κ3) is 6.54. The minimum atomic E-state index is -1.61. The lowest BCUT2D eigenvalue weighted by Crippen LogP contribution is -3.12. The quantitative estimate of drug-likeness (QED) is 0.160. The Balaban J connectivity index is 2.11. The van der Waals surface area contributed by atoms with Crippen LogP contribution in [0.5, 0.6) is 0 Å². The Labute approximate surface area is 192 Å². The van der Waals surface area contributed by atoms with Crippen molar-refractivity contribution in [3.63, 3.8) is 0 Å². The van der Waals surface area contributed by atoms with E-state index in [1.165, 1.54) is 6.92 Å². The highest BCUT2D eigenvalue weighted by atomic mass is 32.2. The van der Waals surface area contributed by atoms with E-state index in [0.717, 1.165) is 42.5 Å². The number of aliphatic carboxylic acids is 1. The molecule has 2 rings (SSSR count). The second-order valence-electron chi connectivity index (χ2n) is 9.06. The highest BCUT2D eigenvalue weighted by Gasteiger charge is 2.49. The smallest absolute Gasteiger partial charge is 0.278 e. The number of aliphatic hydroxyl groups is 4. The fraction of sp³-hybridized carbons (Fsp3) is 0.900. The molecule has 1 unspecified atom stereocenters. The van der Waals surface area contributed by atoms with Gasteiger partial charge in [-0.05, 0) is 13.3 Å². The molecule has 11 nitrogen and oxygen atoms in total. The molecule has 0 aromatic carbocycles. The summed E-state index contributed by atoms with van der Waals surface area (Å²) in [6.07, 6.45) is -4.21. The van der Waals surface area contributed by atoms with Gasteiger partial charge in [0.2, 0.25) is 0 Å². The van der Waals surface area contributed by atoms with Gasteiger partial charge in [-0.2, -0.15) is 0 Å². The van der Waals surface area contributed by atoms with E-state index in [9.17, 15) is 35.1 Å². The molecule has 186 valence electrons. The van der Waals surface area contributed by atoms with E-state index >= 15 is 0 Å². The van der Waals surface area contributed by atoms with Crippen LogP contribution in [0.4, 0.5) is 0 Å². The van der Waals surface area contributed by atoms with E-state index < -0.39 is 54.0 Å². The molecule has 2 aliphatic heterocycles. The Kier molecular flexibility index (Phi) is 10.2. The lowest BCUT2D eigenvalue weighted by Gasteiger charge is -2.44. The third-order valence-corrected chi connectivity index (χ3v) is 7.69. The largest absolute Gasteiger partial charge is 0.544 e. The van der Waals surface area contributed by atoms with Gasteiger partial charge in [0.25, 0.3) is 5.91 Å². The molecule has 0 saturated carbocycles. The second kappa shape index (κ2) is 11.9. The maximum Gasteiger partial charge on any atom is 0.278 e. The van der Waals surface area contributed by atoms with Crippen LogP contribution in [-0.2, 0) is 14.3 Å². The van der Waals surface area contributed by atoms with Crippen molar-refractivity contribution in [2.24, 2.45) is 5.92 Å². The number of hydrogen-bond donors (Lipinski definition) is 7. The Morgan fingerprint density at radius 2 is 1.94 bits per heavy atom. The van der Waals surface area contributed by atoms with Crippen molar-refractivity contribution in [1.82, 2.24) is 5.32 Å². The van der Waals surface area contributed by atoms with E-state index in [-0.39, 0.29) is 17.7 Å². The number of carboxylic acids is 1. The van der Waals surface area contributed by atoms with E-state index in [2.05, 4.69) is 18.0 Å². The highest BCUT2D eigenvalue weighted by Crippen LogP contribution is 2.31. The number of hydrogen-bond acceptors (Lipinski definition) is 9. The molecule has 11 atom stereocenters. The number of carbonyl (C=O) groups is 2. The minimum absolute atomic E-state index is 0.0552. The average molecular weight is 481 g/mol. The third-order valence-electron chi connectivity index (χ3n) is 6.37. The minimum Gasteiger partial charge on any atom is -0.544 e. The number of quaternary nitrogens is 2. The molecule has 0 radical (unpaired) electrons. The first-order chi connectivity index (χ1) is 15.0. The zero-order valence-corrected chi connectivity index (χ0v) is 19.7. The Morgan fingerprint density at radius 1 is 1.28 bits per heavy atom. The lowest BCUT2D eigenvalue weighted by molar-refractivity contribution is -0.884. The molecular weight excluding hydrogens is 442 g/mol. The molecule has 2 fully saturated rings. The molecule has 0 bridgehead atoms. The number of ether oxygens (including phenoxy) is 1. The Hall–Kier alpha value is -0.990. The predicted molar refractivity (Wildman–Crippen MR) is 113 cm³/mol. The van der Waals surface area contributed by atoms with Gasteiger partial charge in [-0.25, -0.2) is 0 Å². The van der Waals surface area contributed by atoms with Crippen molar-refractivity contribution in [2.75, 3.05) is 19.3 Å². The van der Waals surface area contributed by atoms with E-state index in [1.54, 1.807) is 0 Å². The Bertz CT molecular complexity index is 642. The van der Waals surface area contributed by atoms with Crippen molar-refractivity contribution in [2.45, 2.75) is 87.2 Å². The molecule has 0 aliphatic carbocycles. The van der Waals surface area contributed by atoms with E-state index in [1.807, 2.05) is 7.05 Å². The van der Waals surface area contributed by atoms with Crippen LogP contribution in [-0.4, -0.2) is 106 Å². The fourth-order valence-corrected chi connectivity index (χ4v) is 5.63. The SMILES string of the molecule is CCC[C@@H]1C[C@@H](C(=O)N[C@@H]([C@H]2O[C@H](SC[C@H]([NH3+])C(=O)[O-])[C@H](O)[C@@H](O)[C@H]2O)[C@@H](C)O)[NH+](C)C1. The maximum atomic E-state index is 13.0. The number of thioether (sulfide) groups is 1. The summed E-state index contributed by atoms with van der Waals surface area (Å²) in [5, 5.41) is 55.2. The van der Waals surface area contributed by atoms with Crippen LogP contribution in [0.25, 0.3) is 0 Å². The summed E-state index contributed by atoms with van der Waals surface area (Å²) in [6.45, 7) is 4.42. The first-order valence-electron chi connectivity index (χ1n) is 11.1. The molecular formula is C20H38N3O8S+. The summed E-state index contributed by atoms with van der Waals surface area (Å²) in [5.74, 6) is -1.25. The molecule has 0 aromatic heterocycles. The summed E-state index contributed by atoms with van der Waals surface area (Å²) in [7, 11) is 1.95. The molecule has 12 heteroatoms. The van der Waals surface area contributed by atoms with Crippen LogP contribution in [0, 0.1) is 5.92 Å². The van der Waals surface area contributed by atoms with Crippen molar-refractivity contribution in [3.05, 3.63) is 0 Å². The number of likely N-dealkylation sites (N-methyl/N-ethyl adjacent to an activating group) is 1. The van der Waals surface area contributed by atoms with Gasteiger partial charge in [0, 0.05) is 12.3 Å². The standard InChI is InChI=1S/C20H37N3O8S/c1-4-5-10-6-12(23(3)7-10)18(28)22-13(9(2)24)17-15(26)14(25)16(27)20(31-17)32-8-11(21)19(29)30/h9-17,20,24-27H,4-8,21H2,1-3H3,(H,22,28)(H,29,30)/p+1/t9-,10-,11+,12+,13-,14+,15-,16-,17-,20-/m1/s1. The number of likely N-dealkylation sites (tertiary alicyclic amines) is 1. The molecule has 0 aromatic rings. The summed E-state index contributed by atoms with van der Waals surface area (Å²) in [6, 6.07) is -2.41. The van der Waals surface area contributed by atoms with E-state index in [0.29, 0.717) is 5.92 Å². The number of aliphatic hydroxyl groups excluding tert-OH is 4. The Morgan fingerprint density at radius 3 is 2.50 bits per heavy atom. The molecule has 32 heavy (non-hydrogen) atoms. The molecule has 1 amide bonds. The second-order valence-corrected chi connectivity index (χ2v) is 10.2. The van der Waals surface area contributed by atoms with Gasteiger partial charge >= 0.3 is 0 Å². The van der Waals surface area contributed by atoms with Crippen LogP contribution >= 0.6 is 11.8 Å². The van der Waals surface area contributed by atoms with Gasteiger partial charge in [0.15, 0.2) is 6.04 Å². The van der Waals surface area contributed by atoms with Gasteiger partial charge < -0.3 is 51.0 Å². The summed E-state index contributed by atoms with van der Waals surface area (Å²) in [4.78, 5) is 25.0. The summed E-state index contributed by atoms with van der Waals surface area (Å²) in [5.41, 5.74) is 2.35. The van der Waals surface area contributed by atoms with Crippen LogP contribution in [0.1, 0.15) is 33.1 Å². The first kappa shape index (κ1) is 27.3. The summed E-state index contributed by atoms with van der Waals surface area (Å²) >= 11 is 0.906. The maximum absolute atomic E-state index is 13.0. The molecule has 9 N–H and O–H groups in total. The predicted octanol–water partition coefficient (Wildman–Crippen LogP) is -5.54.